The van der Waals surface area contributed by atoms with E-state index in [0.717, 1.165) is 6.07 Å². The first-order valence-electron chi connectivity index (χ1n) is 8.64. The molecule has 1 aliphatic heterocycles. The molecular formula is C18H21F3N4O2. The van der Waals surface area contributed by atoms with Crippen LogP contribution >= 0.6 is 0 Å². The topological polar surface area (TPSA) is 61.6 Å². The first-order valence-corrected chi connectivity index (χ1v) is 8.64. The van der Waals surface area contributed by atoms with E-state index < -0.39 is 11.7 Å². The number of amides is 1. The average molecular weight is 382 g/mol. The predicted octanol–water partition coefficient (Wildman–Crippen LogP) is 2.76. The Bertz CT molecular complexity index is 783. The van der Waals surface area contributed by atoms with Gasteiger partial charge < -0.3 is 9.84 Å². The quantitative estimate of drug-likeness (QED) is 0.862. The molecule has 1 amide bonds. The minimum absolute atomic E-state index is 0.195. The van der Waals surface area contributed by atoms with E-state index in [1.807, 2.05) is 9.80 Å². The van der Waals surface area contributed by atoms with Gasteiger partial charge in [0.2, 0.25) is 5.91 Å². The lowest BCUT2D eigenvalue weighted by molar-refractivity contribution is -0.138. The highest BCUT2D eigenvalue weighted by molar-refractivity contribution is 5.91. The van der Waals surface area contributed by atoms with Crippen LogP contribution < -0.4 is 5.32 Å². The highest BCUT2D eigenvalue weighted by atomic mass is 19.4. The normalized spacial score (nSPS) is 16.4. The minimum Gasteiger partial charge on any atom is -0.360 e. The van der Waals surface area contributed by atoms with Gasteiger partial charge in [-0.2, -0.15) is 13.2 Å². The van der Waals surface area contributed by atoms with Gasteiger partial charge in [-0.3, -0.25) is 14.6 Å². The second-order valence-electron chi connectivity index (χ2n) is 6.58. The van der Waals surface area contributed by atoms with Crippen molar-refractivity contribution in [2.75, 3.05) is 38.0 Å². The van der Waals surface area contributed by atoms with E-state index in [-0.39, 0.29) is 24.6 Å². The Morgan fingerprint density at radius 1 is 1.19 bits per heavy atom. The smallest absolute Gasteiger partial charge is 0.360 e. The van der Waals surface area contributed by atoms with E-state index in [1.165, 1.54) is 12.1 Å². The number of benzene rings is 1. The molecule has 3 rings (SSSR count). The number of carbonyl (C=O) groups excluding carboxylic acids is 1. The summed E-state index contributed by atoms with van der Waals surface area (Å²) < 4.78 is 44.2. The van der Waals surface area contributed by atoms with Crippen molar-refractivity contribution in [1.82, 2.24) is 15.0 Å². The Hall–Kier alpha value is -2.39. The van der Waals surface area contributed by atoms with Crippen molar-refractivity contribution in [1.29, 1.82) is 0 Å². The Morgan fingerprint density at radius 2 is 1.85 bits per heavy atom. The molecule has 1 aliphatic rings. The second-order valence-corrected chi connectivity index (χ2v) is 6.58. The third kappa shape index (κ3) is 5.30. The van der Waals surface area contributed by atoms with Gasteiger partial charge in [0.15, 0.2) is 5.82 Å². The van der Waals surface area contributed by atoms with Crippen LogP contribution in [-0.4, -0.2) is 53.6 Å². The van der Waals surface area contributed by atoms with Gasteiger partial charge in [0.1, 0.15) is 5.76 Å². The lowest BCUT2D eigenvalue weighted by atomic mass is 10.1. The van der Waals surface area contributed by atoms with Gasteiger partial charge in [-0.25, -0.2) is 0 Å². The van der Waals surface area contributed by atoms with Gasteiger partial charge in [0.25, 0.3) is 0 Å². The first-order chi connectivity index (χ1) is 12.8. The fraction of sp³-hybridized carbons (Fsp3) is 0.444. The van der Waals surface area contributed by atoms with Crippen molar-refractivity contribution in [2.45, 2.75) is 19.6 Å². The Labute approximate surface area is 154 Å². The average Bonchev–Trinajstić information content (AvgIpc) is 3.01. The summed E-state index contributed by atoms with van der Waals surface area (Å²) in [5, 5.41) is 6.37. The van der Waals surface area contributed by atoms with Crippen LogP contribution in [0.15, 0.2) is 34.9 Å². The molecule has 0 saturated carbocycles. The van der Waals surface area contributed by atoms with Gasteiger partial charge in [0.05, 0.1) is 12.1 Å². The van der Waals surface area contributed by atoms with Crippen LogP contribution in [0, 0.1) is 6.92 Å². The zero-order chi connectivity index (χ0) is 19.4. The molecule has 1 N–H and O–H groups in total. The molecule has 0 aliphatic carbocycles. The monoisotopic (exact) mass is 382 g/mol. The highest BCUT2D eigenvalue weighted by Crippen LogP contribution is 2.32. The number of carbonyl (C=O) groups is 1. The van der Waals surface area contributed by atoms with Crippen molar-refractivity contribution in [3.05, 3.63) is 47.2 Å². The minimum atomic E-state index is -4.35. The Balaban J connectivity index is 1.49. The number of anilines is 1. The van der Waals surface area contributed by atoms with Crippen LogP contribution in [0.2, 0.25) is 0 Å². The van der Waals surface area contributed by atoms with Crippen molar-refractivity contribution in [3.8, 4) is 0 Å². The second kappa shape index (κ2) is 8.10. The SMILES string of the molecule is Cc1cc(NC(=O)CN2CCN(Cc3ccccc3C(F)(F)F)CC2)no1. The molecule has 0 atom stereocenters. The zero-order valence-corrected chi connectivity index (χ0v) is 14.9. The summed E-state index contributed by atoms with van der Waals surface area (Å²) in [4.78, 5) is 16.0. The molecule has 9 heteroatoms. The number of hydrogen-bond donors (Lipinski definition) is 1. The number of nitrogens with zero attached hydrogens (tertiary/aromatic N) is 3. The summed E-state index contributed by atoms with van der Waals surface area (Å²) in [7, 11) is 0. The molecule has 2 heterocycles. The largest absolute Gasteiger partial charge is 0.416 e. The van der Waals surface area contributed by atoms with Gasteiger partial charge in [-0.05, 0) is 18.6 Å². The van der Waals surface area contributed by atoms with Crippen LogP contribution in [0.25, 0.3) is 0 Å². The molecule has 0 spiro atoms. The van der Waals surface area contributed by atoms with Crippen molar-refractivity contribution in [2.24, 2.45) is 0 Å². The molecule has 1 saturated heterocycles. The number of halogens is 3. The van der Waals surface area contributed by atoms with Crippen LogP contribution in [0.5, 0.6) is 0 Å². The number of nitrogens with one attached hydrogen (secondary N) is 1. The van der Waals surface area contributed by atoms with Crippen LogP contribution in [-0.2, 0) is 17.5 Å². The van der Waals surface area contributed by atoms with E-state index in [4.69, 9.17) is 4.52 Å². The highest BCUT2D eigenvalue weighted by Gasteiger charge is 2.33. The van der Waals surface area contributed by atoms with Crippen molar-refractivity contribution < 1.29 is 22.5 Å². The summed E-state index contributed by atoms with van der Waals surface area (Å²) in [5.74, 6) is 0.789. The molecule has 2 aromatic rings. The molecule has 0 bridgehead atoms. The molecule has 146 valence electrons. The maximum absolute atomic E-state index is 13.1. The predicted molar refractivity (Wildman–Crippen MR) is 93.0 cm³/mol. The molecule has 1 aromatic carbocycles. The molecule has 6 nitrogen and oxygen atoms in total. The van der Waals surface area contributed by atoms with Crippen LogP contribution in [0.1, 0.15) is 16.9 Å². The van der Waals surface area contributed by atoms with Crippen LogP contribution in [0.3, 0.4) is 0 Å². The number of alkyl halides is 3. The first kappa shape index (κ1) is 19.4. The van der Waals surface area contributed by atoms with Gasteiger partial charge in [-0.15, -0.1) is 0 Å². The van der Waals surface area contributed by atoms with Crippen molar-refractivity contribution >= 4 is 11.7 Å². The van der Waals surface area contributed by atoms with Gasteiger partial charge in [-0.1, -0.05) is 23.4 Å². The fourth-order valence-electron chi connectivity index (χ4n) is 3.09. The fourth-order valence-corrected chi connectivity index (χ4v) is 3.09. The maximum Gasteiger partial charge on any atom is 0.416 e. The Kier molecular flexibility index (Phi) is 5.81. The van der Waals surface area contributed by atoms with E-state index in [0.29, 0.717) is 37.8 Å². The van der Waals surface area contributed by atoms with E-state index >= 15 is 0 Å². The van der Waals surface area contributed by atoms with E-state index in [9.17, 15) is 18.0 Å². The summed E-state index contributed by atoms with van der Waals surface area (Å²) in [6.45, 7) is 4.61. The maximum atomic E-state index is 13.1. The van der Waals surface area contributed by atoms with Crippen molar-refractivity contribution in [3.63, 3.8) is 0 Å². The summed E-state index contributed by atoms with van der Waals surface area (Å²) >= 11 is 0. The summed E-state index contributed by atoms with van der Waals surface area (Å²) in [5.41, 5.74) is -0.313. The third-order valence-corrected chi connectivity index (χ3v) is 4.44. The number of aryl methyl sites for hydroxylation is 1. The zero-order valence-electron chi connectivity index (χ0n) is 14.9. The lowest BCUT2D eigenvalue weighted by Crippen LogP contribution is -2.48. The lowest BCUT2D eigenvalue weighted by Gasteiger charge is -2.34. The molecular weight excluding hydrogens is 361 g/mol. The number of aromatic nitrogens is 1. The molecule has 0 unspecified atom stereocenters. The molecule has 1 fully saturated rings. The van der Waals surface area contributed by atoms with E-state index in [2.05, 4.69) is 10.5 Å². The third-order valence-electron chi connectivity index (χ3n) is 4.44. The van der Waals surface area contributed by atoms with Gasteiger partial charge in [0, 0.05) is 38.8 Å². The summed E-state index contributed by atoms with van der Waals surface area (Å²) in [6, 6.07) is 7.29. The molecule has 27 heavy (non-hydrogen) atoms. The van der Waals surface area contributed by atoms with E-state index in [1.54, 1.807) is 19.1 Å². The van der Waals surface area contributed by atoms with Gasteiger partial charge >= 0.3 is 6.18 Å². The molecule has 1 aromatic heterocycles. The molecule has 0 radical (unpaired) electrons. The standard InChI is InChI=1S/C18H21F3N4O2/c1-13-10-16(23-27-13)22-17(26)12-25-8-6-24(7-9-25)11-14-4-2-3-5-15(14)18(19,20)21/h2-5,10H,6-9,11-12H2,1H3,(H,22,23,26). The van der Waals surface area contributed by atoms with Crippen LogP contribution in [0.4, 0.5) is 19.0 Å². The number of piperazine rings is 1. The summed E-state index contributed by atoms with van der Waals surface area (Å²) in [6.07, 6.45) is -4.35. The number of rotatable bonds is 5. The Morgan fingerprint density at radius 3 is 2.48 bits per heavy atom. The number of hydrogen-bond acceptors (Lipinski definition) is 5.